The minimum absolute atomic E-state index is 0.0156. The first-order chi connectivity index (χ1) is 10.6. The Labute approximate surface area is 131 Å². The Morgan fingerprint density at radius 3 is 2.68 bits per heavy atom. The van der Waals surface area contributed by atoms with Crippen molar-refractivity contribution in [2.75, 3.05) is 33.2 Å². The van der Waals surface area contributed by atoms with Crippen LogP contribution in [-0.2, 0) is 9.59 Å². The maximum Gasteiger partial charge on any atom is 0.325 e. The fourth-order valence-corrected chi connectivity index (χ4v) is 3.08. The van der Waals surface area contributed by atoms with Gasteiger partial charge in [-0.2, -0.15) is 0 Å². The minimum atomic E-state index is -0.489. The highest BCUT2D eigenvalue weighted by Gasteiger charge is 2.29. The molecule has 7 heteroatoms. The summed E-state index contributed by atoms with van der Waals surface area (Å²) < 4.78 is 0. The van der Waals surface area contributed by atoms with Crippen molar-refractivity contribution in [3.05, 3.63) is 0 Å². The molecule has 1 saturated carbocycles. The molecular formula is C15H26N4O3. The Hall–Kier alpha value is -1.63. The lowest BCUT2D eigenvalue weighted by Crippen LogP contribution is -2.41. The van der Waals surface area contributed by atoms with Crippen molar-refractivity contribution in [1.82, 2.24) is 20.4 Å². The molecule has 124 valence electrons. The van der Waals surface area contributed by atoms with Gasteiger partial charge in [0.05, 0.1) is 6.54 Å². The Kier molecular flexibility index (Phi) is 6.18. The first kappa shape index (κ1) is 16.7. The molecule has 0 atom stereocenters. The Morgan fingerprint density at radius 1 is 1.32 bits per heavy atom. The minimum Gasteiger partial charge on any atom is -0.354 e. The van der Waals surface area contributed by atoms with Crippen LogP contribution in [0.1, 0.15) is 38.5 Å². The summed E-state index contributed by atoms with van der Waals surface area (Å²) in [4.78, 5) is 37.8. The lowest BCUT2D eigenvalue weighted by molar-refractivity contribution is -0.130. The standard InChI is InChI=1S/C15H26N4O3/c1-18(12-6-3-2-4-7-12)9-5-8-16-13(20)11-19-14(21)10-17-15(19)22/h12H,2-11H2,1H3,(H,16,20)(H,17,22). The van der Waals surface area contributed by atoms with Crippen molar-refractivity contribution < 1.29 is 14.4 Å². The van der Waals surface area contributed by atoms with E-state index in [0.717, 1.165) is 17.9 Å². The number of hydrogen-bond acceptors (Lipinski definition) is 4. The van der Waals surface area contributed by atoms with Gasteiger partial charge in [-0.05, 0) is 32.9 Å². The number of amides is 4. The molecule has 1 aliphatic carbocycles. The molecule has 0 unspecified atom stereocenters. The average Bonchev–Trinajstić information content (AvgIpc) is 2.84. The molecule has 22 heavy (non-hydrogen) atoms. The van der Waals surface area contributed by atoms with Crippen molar-refractivity contribution in [2.24, 2.45) is 0 Å². The molecule has 1 heterocycles. The summed E-state index contributed by atoms with van der Waals surface area (Å²) in [5.74, 6) is -0.636. The molecule has 2 aliphatic rings. The third-order valence-corrected chi connectivity index (χ3v) is 4.45. The fourth-order valence-electron chi connectivity index (χ4n) is 3.08. The van der Waals surface area contributed by atoms with E-state index in [1.165, 1.54) is 32.1 Å². The topological polar surface area (TPSA) is 81.8 Å². The van der Waals surface area contributed by atoms with Crippen LogP contribution in [0.2, 0.25) is 0 Å². The van der Waals surface area contributed by atoms with E-state index in [1.807, 2.05) is 0 Å². The monoisotopic (exact) mass is 310 g/mol. The molecule has 1 aliphatic heterocycles. The Balaban J connectivity index is 1.58. The summed E-state index contributed by atoms with van der Waals surface area (Å²) in [6, 6.07) is 0.188. The fraction of sp³-hybridized carbons (Fsp3) is 0.800. The van der Waals surface area contributed by atoms with E-state index in [0.29, 0.717) is 12.6 Å². The molecule has 2 fully saturated rings. The molecule has 2 rings (SSSR count). The molecule has 2 N–H and O–H groups in total. The van der Waals surface area contributed by atoms with E-state index in [2.05, 4.69) is 22.6 Å². The molecule has 0 aromatic heterocycles. The zero-order chi connectivity index (χ0) is 15.9. The molecule has 7 nitrogen and oxygen atoms in total. The highest BCUT2D eigenvalue weighted by atomic mass is 16.2. The van der Waals surface area contributed by atoms with Gasteiger partial charge in [0.15, 0.2) is 0 Å². The smallest absolute Gasteiger partial charge is 0.325 e. The van der Waals surface area contributed by atoms with E-state index in [-0.39, 0.29) is 24.9 Å². The lowest BCUT2D eigenvalue weighted by atomic mass is 9.94. The number of urea groups is 1. The van der Waals surface area contributed by atoms with E-state index < -0.39 is 6.03 Å². The average molecular weight is 310 g/mol. The van der Waals surface area contributed by atoms with Crippen LogP contribution in [0, 0.1) is 0 Å². The maximum absolute atomic E-state index is 11.7. The van der Waals surface area contributed by atoms with E-state index >= 15 is 0 Å². The molecule has 4 amide bonds. The molecule has 0 spiro atoms. The molecule has 0 aromatic carbocycles. The Bertz CT molecular complexity index is 405. The summed E-state index contributed by atoms with van der Waals surface area (Å²) in [5, 5.41) is 5.16. The number of nitrogens with zero attached hydrogens (tertiary/aromatic N) is 2. The number of nitrogens with one attached hydrogen (secondary N) is 2. The maximum atomic E-state index is 11.7. The van der Waals surface area contributed by atoms with Crippen LogP contribution in [0.5, 0.6) is 0 Å². The van der Waals surface area contributed by atoms with Crippen LogP contribution < -0.4 is 10.6 Å². The second-order valence-electron chi connectivity index (χ2n) is 6.11. The number of hydrogen-bond donors (Lipinski definition) is 2. The van der Waals surface area contributed by atoms with Crippen molar-refractivity contribution in [3.63, 3.8) is 0 Å². The van der Waals surface area contributed by atoms with Crippen LogP contribution in [0.15, 0.2) is 0 Å². The van der Waals surface area contributed by atoms with Crippen molar-refractivity contribution in [1.29, 1.82) is 0 Å². The Morgan fingerprint density at radius 2 is 2.05 bits per heavy atom. The van der Waals surface area contributed by atoms with Gasteiger partial charge in [-0.1, -0.05) is 19.3 Å². The van der Waals surface area contributed by atoms with Crippen molar-refractivity contribution in [2.45, 2.75) is 44.6 Å². The van der Waals surface area contributed by atoms with E-state index in [1.54, 1.807) is 0 Å². The lowest BCUT2D eigenvalue weighted by Gasteiger charge is -2.31. The number of carbonyl (C=O) groups is 3. The molecule has 0 radical (unpaired) electrons. The van der Waals surface area contributed by atoms with Gasteiger partial charge >= 0.3 is 6.03 Å². The van der Waals surface area contributed by atoms with Crippen LogP contribution in [-0.4, -0.2) is 66.9 Å². The SMILES string of the molecule is CN(CCCNC(=O)CN1C(=O)CNC1=O)C1CCCCC1. The summed E-state index contributed by atoms with van der Waals surface area (Å²) in [5.41, 5.74) is 0. The molecule has 1 saturated heterocycles. The van der Waals surface area contributed by atoms with Gasteiger partial charge in [0.1, 0.15) is 6.54 Å². The van der Waals surface area contributed by atoms with Gasteiger partial charge in [-0.25, -0.2) is 4.79 Å². The van der Waals surface area contributed by atoms with Crippen LogP contribution in [0.25, 0.3) is 0 Å². The highest BCUT2D eigenvalue weighted by Crippen LogP contribution is 2.21. The van der Waals surface area contributed by atoms with Crippen LogP contribution in [0.4, 0.5) is 4.79 Å². The molecule has 0 aromatic rings. The number of carbonyl (C=O) groups excluding carboxylic acids is 3. The third kappa shape index (κ3) is 4.69. The van der Waals surface area contributed by atoms with E-state index in [9.17, 15) is 14.4 Å². The van der Waals surface area contributed by atoms with Gasteiger partial charge in [0.25, 0.3) is 5.91 Å². The first-order valence-corrected chi connectivity index (χ1v) is 8.13. The quantitative estimate of drug-likeness (QED) is 0.524. The second kappa shape index (κ2) is 8.12. The van der Waals surface area contributed by atoms with Gasteiger partial charge in [-0.15, -0.1) is 0 Å². The molecular weight excluding hydrogens is 284 g/mol. The zero-order valence-electron chi connectivity index (χ0n) is 13.3. The normalized spacial score (nSPS) is 19.6. The number of imide groups is 1. The van der Waals surface area contributed by atoms with Crippen LogP contribution in [0.3, 0.4) is 0 Å². The predicted molar refractivity (Wildman–Crippen MR) is 82.2 cm³/mol. The summed E-state index contributed by atoms with van der Waals surface area (Å²) in [7, 11) is 2.14. The second-order valence-corrected chi connectivity index (χ2v) is 6.11. The summed E-state index contributed by atoms with van der Waals surface area (Å²) in [6.45, 7) is 1.31. The largest absolute Gasteiger partial charge is 0.354 e. The summed E-state index contributed by atoms with van der Waals surface area (Å²) >= 11 is 0. The third-order valence-electron chi connectivity index (χ3n) is 4.45. The number of rotatable bonds is 7. The zero-order valence-corrected chi connectivity index (χ0v) is 13.3. The van der Waals surface area contributed by atoms with Gasteiger partial charge in [0, 0.05) is 12.6 Å². The van der Waals surface area contributed by atoms with Gasteiger partial charge < -0.3 is 15.5 Å². The van der Waals surface area contributed by atoms with Gasteiger partial charge in [0.2, 0.25) is 5.91 Å². The summed E-state index contributed by atoms with van der Waals surface area (Å²) in [6.07, 6.45) is 7.40. The highest BCUT2D eigenvalue weighted by molar-refractivity contribution is 6.04. The van der Waals surface area contributed by atoms with Crippen molar-refractivity contribution in [3.8, 4) is 0 Å². The van der Waals surface area contributed by atoms with Gasteiger partial charge in [-0.3, -0.25) is 14.5 Å². The van der Waals surface area contributed by atoms with Crippen molar-refractivity contribution >= 4 is 17.8 Å². The molecule has 0 bridgehead atoms. The predicted octanol–water partition coefficient (Wildman–Crippen LogP) is 0.309. The van der Waals surface area contributed by atoms with E-state index in [4.69, 9.17) is 0 Å². The van der Waals surface area contributed by atoms with Crippen LogP contribution >= 0.6 is 0 Å². The first-order valence-electron chi connectivity index (χ1n) is 8.13.